The molecule has 0 radical (unpaired) electrons. The SMILES string of the molecule is O=C(N[C@@H]1CCCc2c1cnn2Cc1ccccc1)[C@H]1C[C@H]2C=C[C@H]1C2. The number of benzene rings is 1. The van der Waals surface area contributed by atoms with Gasteiger partial charge in [0.15, 0.2) is 0 Å². The van der Waals surface area contributed by atoms with Crippen molar-refractivity contribution >= 4 is 5.91 Å². The van der Waals surface area contributed by atoms with Crippen LogP contribution in [0.4, 0.5) is 0 Å². The number of carbonyl (C=O) groups excluding carboxylic acids is 1. The van der Waals surface area contributed by atoms with Crippen molar-refractivity contribution in [3.8, 4) is 0 Å². The van der Waals surface area contributed by atoms with Crippen LogP contribution in [0.25, 0.3) is 0 Å². The van der Waals surface area contributed by atoms with Gasteiger partial charge in [0.25, 0.3) is 0 Å². The Hall–Kier alpha value is -2.36. The Labute approximate surface area is 154 Å². The zero-order chi connectivity index (χ0) is 17.5. The fourth-order valence-corrected chi connectivity index (χ4v) is 5.02. The van der Waals surface area contributed by atoms with Crippen LogP contribution < -0.4 is 5.32 Å². The van der Waals surface area contributed by atoms with E-state index in [1.165, 1.54) is 23.2 Å². The second-order valence-corrected chi connectivity index (χ2v) is 8.03. The van der Waals surface area contributed by atoms with Gasteiger partial charge in [-0.15, -0.1) is 0 Å². The lowest BCUT2D eigenvalue weighted by Crippen LogP contribution is -2.37. The summed E-state index contributed by atoms with van der Waals surface area (Å²) >= 11 is 0. The molecule has 0 saturated heterocycles. The van der Waals surface area contributed by atoms with Crippen LogP contribution in [0.1, 0.15) is 48.5 Å². The summed E-state index contributed by atoms with van der Waals surface area (Å²) in [6.45, 7) is 0.800. The van der Waals surface area contributed by atoms with Crippen molar-refractivity contribution in [2.45, 2.75) is 44.7 Å². The van der Waals surface area contributed by atoms with Crippen LogP contribution in [0.15, 0.2) is 48.7 Å². The van der Waals surface area contributed by atoms with E-state index in [1.807, 2.05) is 12.3 Å². The molecule has 1 N–H and O–H groups in total. The molecular formula is C22H25N3O. The van der Waals surface area contributed by atoms with E-state index in [1.54, 1.807) is 0 Å². The number of rotatable bonds is 4. The Morgan fingerprint density at radius 1 is 1.19 bits per heavy atom. The third kappa shape index (κ3) is 2.77. The van der Waals surface area contributed by atoms with Gasteiger partial charge in [-0.25, -0.2) is 0 Å². The van der Waals surface area contributed by atoms with E-state index < -0.39 is 0 Å². The first-order chi connectivity index (χ1) is 12.8. The highest BCUT2D eigenvalue weighted by molar-refractivity contribution is 5.80. The maximum Gasteiger partial charge on any atom is 0.224 e. The molecule has 1 saturated carbocycles. The van der Waals surface area contributed by atoms with Gasteiger partial charge >= 0.3 is 0 Å². The lowest BCUT2D eigenvalue weighted by molar-refractivity contribution is -0.126. The van der Waals surface area contributed by atoms with E-state index in [0.717, 1.165) is 32.2 Å². The van der Waals surface area contributed by atoms with Gasteiger partial charge in [-0.2, -0.15) is 5.10 Å². The van der Waals surface area contributed by atoms with Crippen molar-refractivity contribution in [2.24, 2.45) is 17.8 Å². The average molecular weight is 347 g/mol. The van der Waals surface area contributed by atoms with E-state index in [-0.39, 0.29) is 17.9 Å². The van der Waals surface area contributed by atoms with Crippen molar-refractivity contribution in [1.82, 2.24) is 15.1 Å². The van der Waals surface area contributed by atoms with Crippen molar-refractivity contribution in [3.05, 3.63) is 65.5 Å². The van der Waals surface area contributed by atoms with E-state index in [0.29, 0.717) is 11.8 Å². The van der Waals surface area contributed by atoms with Crippen LogP contribution in [-0.4, -0.2) is 15.7 Å². The second-order valence-electron chi connectivity index (χ2n) is 8.03. The first-order valence-electron chi connectivity index (χ1n) is 9.85. The first kappa shape index (κ1) is 15.9. The molecule has 1 aromatic carbocycles. The third-order valence-electron chi connectivity index (χ3n) is 6.37. The number of hydrogen-bond acceptors (Lipinski definition) is 2. The summed E-state index contributed by atoms with van der Waals surface area (Å²) < 4.78 is 2.11. The van der Waals surface area contributed by atoms with Gasteiger partial charge in [-0.3, -0.25) is 9.48 Å². The minimum absolute atomic E-state index is 0.124. The number of fused-ring (bicyclic) bond motifs is 3. The minimum atomic E-state index is 0.124. The molecule has 26 heavy (non-hydrogen) atoms. The predicted molar refractivity (Wildman–Crippen MR) is 100 cm³/mol. The van der Waals surface area contributed by atoms with Crippen molar-refractivity contribution in [3.63, 3.8) is 0 Å². The van der Waals surface area contributed by atoms with Crippen LogP contribution in [0.5, 0.6) is 0 Å². The van der Waals surface area contributed by atoms with Crippen LogP contribution in [0.2, 0.25) is 0 Å². The van der Waals surface area contributed by atoms with Gasteiger partial charge in [0, 0.05) is 17.2 Å². The Balaban J connectivity index is 1.32. The van der Waals surface area contributed by atoms with E-state index in [2.05, 4.69) is 51.5 Å². The number of aromatic nitrogens is 2. The normalized spacial score (nSPS) is 28.9. The Bertz CT molecular complexity index is 838. The summed E-state index contributed by atoms with van der Waals surface area (Å²) in [6.07, 6.45) is 11.9. The van der Waals surface area contributed by atoms with Gasteiger partial charge < -0.3 is 5.32 Å². The molecule has 3 aliphatic carbocycles. The third-order valence-corrected chi connectivity index (χ3v) is 6.37. The highest BCUT2D eigenvalue weighted by Crippen LogP contribution is 2.44. The predicted octanol–water partition coefficient (Wildman–Crippen LogP) is 3.64. The van der Waals surface area contributed by atoms with E-state index in [9.17, 15) is 4.79 Å². The Kier molecular flexibility index (Phi) is 3.92. The van der Waals surface area contributed by atoms with Crippen molar-refractivity contribution < 1.29 is 4.79 Å². The lowest BCUT2D eigenvalue weighted by Gasteiger charge is -2.27. The molecule has 2 bridgehead atoms. The molecule has 0 spiro atoms. The summed E-state index contributed by atoms with van der Waals surface area (Å²) in [7, 11) is 0. The molecule has 1 heterocycles. The summed E-state index contributed by atoms with van der Waals surface area (Å²) in [5.41, 5.74) is 3.77. The van der Waals surface area contributed by atoms with Crippen LogP contribution >= 0.6 is 0 Å². The molecule has 4 heteroatoms. The second kappa shape index (κ2) is 6.42. The largest absolute Gasteiger partial charge is 0.349 e. The summed E-state index contributed by atoms with van der Waals surface area (Å²) in [4.78, 5) is 12.8. The van der Waals surface area contributed by atoms with Gasteiger partial charge in [-0.05, 0) is 49.5 Å². The zero-order valence-electron chi connectivity index (χ0n) is 15.0. The molecule has 4 nitrogen and oxygen atoms in total. The summed E-state index contributed by atoms with van der Waals surface area (Å²) in [5.74, 6) is 1.51. The number of nitrogens with zero attached hydrogens (tertiary/aromatic N) is 2. The van der Waals surface area contributed by atoms with Crippen molar-refractivity contribution in [2.75, 3.05) is 0 Å². The van der Waals surface area contributed by atoms with Crippen molar-refractivity contribution in [1.29, 1.82) is 0 Å². The monoisotopic (exact) mass is 347 g/mol. The molecule has 2 aromatic rings. The molecule has 1 fully saturated rings. The lowest BCUT2D eigenvalue weighted by atomic mass is 9.89. The number of nitrogens with one attached hydrogen (secondary N) is 1. The fourth-order valence-electron chi connectivity index (χ4n) is 5.02. The maximum atomic E-state index is 12.8. The minimum Gasteiger partial charge on any atom is -0.349 e. The number of carbonyl (C=O) groups is 1. The zero-order valence-corrected chi connectivity index (χ0v) is 15.0. The molecule has 5 rings (SSSR count). The first-order valence-corrected chi connectivity index (χ1v) is 9.85. The summed E-state index contributed by atoms with van der Waals surface area (Å²) in [6, 6.07) is 10.6. The highest BCUT2D eigenvalue weighted by Gasteiger charge is 2.40. The molecule has 4 atom stereocenters. The van der Waals surface area contributed by atoms with E-state index in [4.69, 9.17) is 0 Å². The topological polar surface area (TPSA) is 46.9 Å². The quantitative estimate of drug-likeness (QED) is 0.859. The Morgan fingerprint density at radius 3 is 2.85 bits per heavy atom. The number of allylic oxidation sites excluding steroid dienone is 2. The standard InChI is InChI=1S/C22H25N3O/c26-22(18-12-16-9-10-17(18)11-16)24-20-7-4-8-21-19(20)13-23-25(21)14-15-5-2-1-3-6-15/h1-3,5-6,9-10,13,16-18,20H,4,7-8,11-12,14H2,(H,24,26)/t16-,17-,18-,20+/m0/s1. The maximum absolute atomic E-state index is 12.8. The summed E-state index contributed by atoms with van der Waals surface area (Å²) in [5, 5.41) is 7.99. The van der Waals surface area contributed by atoms with Gasteiger partial charge in [0.2, 0.25) is 5.91 Å². The highest BCUT2D eigenvalue weighted by atomic mass is 16.2. The molecule has 1 amide bonds. The molecular weight excluding hydrogens is 322 g/mol. The Morgan fingerprint density at radius 2 is 2.08 bits per heavy atom. The molecule has 0 aliphatic heterocycles. The molecule has 1 aromatic heterocycles. The molecule has 0 unspecified atom stereocenters. The van der Waals surface area contributed by atoms with E-state index >= 15 is 0 Å². The fraction of sp³-hybridized carbons (Fsp3) is 0.455. The van der Waals surface area contributed by atoms with Gasteiger partial charge in [0.1, 0.15) is 0 Å². The van der Waals surface area contributed by atoms with Crippen LogP contribution in [0.3, 0.4) is 0 Å². The smallest absolute Gasteiger partial charge is 0.224 e. The number of hydrogen-bond donors (Lipinski definition) is 1. The average Bonchev–Trinajstić information content (AvgIpc) is 3.39. The van der Waals surface area contributed by atoms with Gasteiger partial charge in [0.05, 0.1) is 18.8 Å². The van der Waals surface area contributed by atoms with Crippen LogP contribution in [-0.2, 0) is 17.8 Å². The molecule has 3 aliphatic rings. The van der Waals surface area contributed by atoms with Gasteiger partial charge in [-0.1, -0.05) is 42.5 Å². The van der Waals surface area contributed by atoms with Crippen LogP contribution in [0, 0.1) is 17.8 Å². The molecule has 134 valence electrons. The number of amides is 1.